The molecule has 3 aliphatic carbocycles. The summed E-state index contributed by atoms with van der Waals surface area (Å²) in [4.78, 5) is 24.2. The lowest BCUT2D eigenvalue weighted by Gasteiger charge is -2.26. The van der Waals surface area contributed by atoms with E-state index in [0.717, 1.165) is 74.0 Å². The van der Waals surface area contributed by atoms with Crippen LogP contribution in [-0.4, -0.2) is 85.0 Å². The predicted octanol–water partition coefficient (Wildman–Crippen LogP) is 7.42. The average Bonchev–Trinajstić information content (AvgIpc) is 4.16. The van der Waals surface area contributed by atoms with E-state index in [-0.39, 0.29) is 0 Å². The van der Waals surface area contributed by atoms with Crippen LogP contribution in [0.25, 0.3) is 0 Å². The highest BCUT2D eigenvalue weighted by molar-refractivity contribution is 5.12. The molecule has 4 aromatic rings. The molecule has 11 rings (SSSR count). The van der Waals surface area contributed by atoms with E-state index in [4.69, 9.17) is 0 Å². The zero-order valence-electron chi connectivity index (χ0n) is 35.6. The number of likely N-dealkylation sites (tertiary alicyclic amines) is 3. The second-order valence-corrected chi connectivity index (χ2v) is 18.3. The maximum atomic E-state index is 4.16. The minimum absolute atomic E-state index is 0.747. The monoisotopic (exact) mass is 787 g/mol. The lowest BCUT2D eigenvalue weighted by Crippen LogP contribution is -2.47. The second-order valence-electron chi connectivity index (χ2n) is 18.3. The molecule has 9 heteroatoms. The van der Waals surface area contributed by atoms with E-state index in [1.807, 2.05) is 73.7 Å². The van der Waals surface area contributed by atoms with E-state index in [1.165, 1.54) is 119 Å². The minimum Gasteiger partial charge on any atom is -0.354 e. The largest absolute Gasteiger partial charge is 0.354 e. The van der Waals surface area contributed by atoms with Crippen LogP contribution < -0.4 is 11.1 Å². The van der Waals surface area contributed by atoms with Crippen molar-refractivity contribution in [1.29, 1.82) is 0 Å². The van der Waals surface area contributed by atoms with E-state index in [9.17, 15) is 0 Å². The van der Waals surface area contributed by atoms with Crippen LogP contribution >= 0.6 is 0 Å². The Morgan fingerprint density at radius 1 is 0.569 bits per heavy atom. The number of rotatable bonds is 8. The normalized spacial score (nSPS) is 29.1. The van der Waals surface area contributed by atoms with Gasteiger partial charge in [0.15, 0.2) is 0 Å². The molecule has 4 N–H and O–H groups in total. The Hall–Kier alpha value is -3.60. The van der Waals surface area contributed by atoms with E-state index < -0.39 is 0 Å². The van der Waals surface area contributed by atoms with Gasteiger partial charge in [-0.1, -0.05) is 57.4 Å². The summed E-state index contributed by atoms with van der Waals surface area (Å²) in [5, 5.41) is 3.51. The highest BCUT2D eigenvalue weighted by atomic mass is 15.3. The molecule has 6 bridgehead atoms. The highest BCUT2D eigenvalue weighted by Gasteiger charge is 2.39. The molecule has 0 spiro atoms. The first-order valence-electron chi connectivity index (χ1n) is 22.8. The van der Waals surface area contributed by atoms with Gasteiger partial charge in [0, 0.05) is 125 Å². The first-order chi connectivity index (χ1) is 28.5. The number of piperidine rings is 2. The third-order valence-electron chi connectivity index (χ3n) is 13.9. The molecule has 6 unspecified atom stereocenters. The Labute approximate surface area is 349 Å². The van der Waals surface area contributed by atoms with Crippen molar-refractivity contribution in [3.05, 3.63) is 120 Å². The van der Waals surface area contributed by atoms with Gasteiger partial charge in [-0.15, -0.1) is 0 Å². The SMILES string of the molecule is CC[C@@H]1CC[C@@H](C)C1.[NH3+]Cc1cccnc1.c1cncc(CN2CC3CC2CN3)c1.c1cncc(CN2CC3CCC2C3)c1.c1cncc(CN2CC3CCC2C3)c1. The Morgan fingerprint density at radius 2 is 1.05 bits per heavy atom. The number of pyridine rings is 4. The van der Waals surface area contributed by atoms with Crippen molar-refractivity contribution >= 4 is 0 Å². The topological polar surface area (TPSA) is 101 Å². The van der Waals surface area contributed by atoms with Crippen molar-refractivity contribution in [2.75, 3.05) is 26.2 Å². The molecule has 58 heavy (non-hydrogen) atoms. The molecule has 7 aliphatic rings. The highest BCUT2D eigenvalue weighted by Crippen LogP contribution is 2.39. The van der Waals surface area contributed by atoms with Crippen molar-refractivity contribution < 1.29 is 5.73 Å². The molecular weight excluding hydrogens is 715 g/mol. The molecule has 312 valence electrons. The first kappa shape index (κ1) is 42.5. The fourth-order valence-electron chi connectivity index (χ4n) is 10.7. The molecule has 3 saturated carbocycles. The fraction of sp³-hybridized carbons (Fsp3) is 0.592. The van der Waals surface area contributed by atoms with Crippen LogP contribution in [0.2, 0.25) is 0 Å². The fourth-order valence-corrected chi connectivity index (χ4v) is 10.7. The molecule has 8 heterocycles. The zero-order chi connectivity index (χ0) is 39.9. The molecule has 4 aliphatic heterocycles. The molecule has 9 nitrogen and oxygen atoms in total. The van der Waals surface area contributed by atoms with E-state index in [0.29, 0.717) is 0 Å². The van der Waals surface area contributed by atoms with Crippen LogP contribution in [0.3, 0.4) is 0 Å². The molecule has 0 aromatic carbocycles. The molecule has 4 saturated heterocycles. The van der Waals surface area contributed by atoms with Gasteiger partial charge in [-0.3, -0.25) is 34.6 Å². The van der Waals surface area contributed by atoms with Crippen LogP contribution in [0.15, 0.2) is 98.1 Å². The molecular formula is C49H72N9+. The van der Waals surface area contributed by atoms with Crippen LogP contribution in [0, 0.1) is 23.7 Å². The number of hydrogen-bond donors (Lipinski definition) is 2. The van der Waals surface area contributed by atoms with Crippen molar-refractivity contribution in [2.24, 2.45) is 23.7 Å². The van der Waals surface area contributed by atoms with Crippen LogP contribution in [0.4, 0.5) is 0 Å². The van der Waals surface area contributed by atoms with Crippen molar-refractivity contribution in [1.82, 2.24) is 40.0 Å². The summed E-state index contributed by atoms with van der Waals surface area (Å²) in [5.41, 5.74) is 8.96. The van der Waals surface area contributed by atoms with Gasteiger partial charge in [0.25, 0.3) is 0 Å². The summed E-state index contributed by atoms with van der Waals surface area (Å²) >= 11 is 0. The molecule has 8 atom stereocenters. The smallest absolute Gasteiger partial charge is 0.101 e. The molecule has 4 aromatic heterocycles. The standard InChI is InChI=1S/2C12H16N2.C11H15N3.C8H16.C6H8N2/c2*1-2-11(7-13-5-1)9-14-8-10-3-4-12(14)6-10;1-2-9(5-12-3-1)7-14-8-10-4-11(14)6-13-10;1-3-8-5-4-7(2)6-8;7-4-6-2-1-3-8-5-6/h2*1-2,5,7,10,12H,3-4,6,8-9H2;1-3,5,10-11,13H,4,6-8H2;7-8H,3-6H2,1-2H3;1-3,5H,4,7H2/p+1/t;;;7-,8-;/m...1./s1. The summed E-state index contributed by atoms with van der Waals surface area (Å²) in [5.74, 6) is 4.10. The lowest BCUT2D eigenvalue weighted by atomic mass is 10.0. The van der Waals surface area contributed by atoms with E-state index >= 15 is 0 Å². The third kappa shape index (κ3) is 12.7. The Morgan fingerprint density at radius 3 is 1.33 bits per heavy atom. The minimum atomic E-state index is 0.747. The van der Waals surface area contributed by atoms with Crippen molar-refractivity contribution in [2.45, 2.75) is 135 Å². The summed E-state index contributed by atoms with van der Waals surface area (Å²) in [7, 11) is 0. The lowest BCUT2D eigenvalue weighted by molar-refractivity contribution is -0.386. The molecule has 0 amide bonds. The number of piperazine rings is 1. The van der Waals surface area contributed by atoms with Crippen LogP contribution in [0.1, 0.15) is 107 Å². The quantitative estimate of drug-likeness (QED) is 0.191. The van der Waals surface area contributed by atoms with Gasteiger partial charge in [-0.25, -0.2) is 0 Å². The Bertz CT molecular complexity index is 1560. The van der Waals surface area contributed by atoms with Gasteiger partial charge in [0.2, 0.25) is 0 Å². The summed E-state index contributed by atoms with van der Waals surface area (Å²) < 4.78 is 0. The van der Waals surface area contributed by atoms with Gasteiger partial charge in [0.1, 0.15) is 6.54 Å². The van der Waals surface area contributed by atoms with Gasteiger partial charge >= 0.3 is 0 Å². The summed E-state index contributed by atoms with van der Waals surface area (Å²) in [6.45, 7) is 13.8. The molecule has 7 fully saturated rings. The molecule has 0 radical (unpaired) electrons. The number of nitrogens with zero attached hydrogens (tertiary/aromatic N) is 7. The number of hydrogen-bond acceptors (Lipinski definition) is 8. The van der Waals surface area contributed by atoms with Gasteiger partial charge in [-0.05, 0) is 116 Å². The number of nitrogens with one attached hydrogen (secondary N) is 1. The van der Waals surface area contributed by atoms with Gasteiger partial charge in [-0.2, -0.15) is 0 Å². The zero-order valence-corrected chi connectivity index (χ0v) is 35.6. The maximum absolute atomic E-state index is 4.16. The van der Waals surface area contributed by atoms with Crippen molar-refractivity contribution in [3.8, 4) is 0 Å². The van der Waals surface area contributed by atoms with Gasteiger partial charge < -0.3 is 11.1 Å². The average molecular weight is 787 g/mol. The first-order valence-corrected chi connectivity index (χ1v) is 22.8. The van der Waals surface area contributed by atoms with Crippen LogP contribution in [0.5, 0.6) is 0 Å². The van der Waals surface area contributed by atoms with Gasteiger partial charge in [0.05, 0.1) is 0 Å². The maximum Gasteiger partial charge on any atom is 0.101 e. The summed E-state index contributed by atoms with van der Waals surface area (Å²) in [6.07, 6.45) is 31.0. The summed E-state index contributed by atoms with van der Waals surface area (Å²) in [6, 6.07) is 19.8. The Kier molecular flexibility index (Phi) is 16.2. The number of fused-ring (bicyclic) bond motifs is 6. The van der Waals surface area contributed by atoms with Crippen LogP contribution in [-0.2, 0) is 26.2 Å². The van der Waals surface area contributed by atoms with E-state index in [2.05, 4.69) is 77.7 Å². The Balaban J connectivity index is 0.000000113. The third-order valence-corrected chi connectivity index (χ3v) is 13.9. The van der Waals surface area contributed by atoms with Crippen molar-refractivity contribution in [3.63, 3.8) is 0 Å². The van der Waals surface area contributed by atoms with E-state index in [1.54, 1.807) is 6.20 Å². The number of aromatic nitrogens is 4. The predicted molar refractivity (Wildman–Crippen MR) is 234 cm³/mol. The number of quaternary nitrogens is 1. The second kappa shape index (κ2) is 22.1.